The summed E-state index contributed by atoms with van der Waals surface area (Å²) in [5.41, 5.74) is 8.62. The molecule has 3 heterocycles. The zero-order valence-electron chi connectivity index (χ0n) is 27.9. The Morgan fingerprint density at radius 2 is 1.12 bits per heavy atom. The van der Waals surface area contributed by atoms with E-state index < -0.39 is 0 Å². The average molecular weight is 562 g/mol. The van der Waals surface area contributed by atoms with Crippen molar-refractivity contribution in [3.8, 4) is 0 Å². The maximum atomic E-state index is 4.12. The van der Waals surface area contributed by atoms with Crippen molar-refractivity contribution in [3.63, 3.8) is 0 Å². The van der Waals surface area contributed by atoms with Crippen LogP contribution in [0.2, 0.25) is 0 Å². The van der Waals surface area contributed by atoms with E-state index in [2.05, 4.69) is 167 Å². The molecule has 0 aliphatic carbocycles. The van der Waals surface area contributed by atoms with Crippen molar-refractivity contribution in [2.24, 2.45) is 17.8 Å². The van der Waals surface area contributed by atoms with E-state index in [1.165, 1.54) is 28.4 Å². The predicted octanol–water partition coefficient (Wildman–Crippen LogP) is 11.0. The van der Waals surface area contributed by atoms with Crippen LogP contribution in [-0.4, -0.2) is 32.8 Å². The summed E-state index contributed by atoms with van der Waals surface area (Å²) in [7, 11) is 0. The highest BCUT2D eigenvalue weighted by Crippen LogP contribution is 2.32. The largest absolute Gasteiger partial charge is 0.349 e. The highest BCUT2D eigenvalue weighted by molar-refractivity contribution is 5.36. The SMILES string of the molecule is C.C=C1C=C(C(C)C)N(C(C)C)C(=C)C1.C=C1C=CC=C(C(C)C)N1C(C)C.C=C1C=CN(C(C)C)C(C(C)C)=C1. The summed E-state index contributed by atoms with van der Waals surface area (Å²) in [6, 6.07) is 1.51. The molecule has 0 unspecified atom stereocenters. The standard InChI is InChI=1S/C13H21N.2C12H19N.CH4/c1-9(2)13-8-11(5)7-12(6)14(13)10(3)4;1-9(2)12-8-11(5)6-7-13(12)10(3)4;1-9(2)12-8-6-7-11(5)13(12)10(3)4;/h8-10H,5-7H2,1-4H3;2*6-10H,5H2,1-4H3;1H4. The summed E-state index contributed by atoms with van der Waals surface area (Å²) < 4.78 is 0. The van der Waals surface area contributed by atoms with E-state index >= 15 is 0 Å². The quantitative estimate of drug-likeness (QED) is 0.319. The monoisotopic (exact) mass is 562 g/mol. The van der Waals surface area contributed by atoms with Crippen molar-refractivity contribution < 1.29 is 0 Å². The van der Waals surface area contributed by atoms with E-state index in [9.17, 15) is 0 Å². The van der Waals surface area contributed by atoms with E-state index in [0.717, 1.165) is 17.7 Å². The Kier molecular flexibility index (Phi) is 15.9. The topological polar surface area (TPSA) is 9.72 Å². The molecule has 0 N–H and O–H groups in total. The zero-order chi connectivity index (χ0) is 30.9. The van der Waals surface area contributed by atoms with Crippen LogP contribution in [0.4, 0.5) is 0 Å². The molecule has 0 fully saturated rings. The van der Waals surface area contributed by atoms with Crippen LogP contribution in [0.5, 0.6) is 0 Å². The van der Waals surface area contributed by atoms with Gasteiger partial charge in [-0.1, -0.05) is 81.4 Å². The number of nitrogens with zero attached hydrogens (tertiary/aromatic N) is 3. The van der Waals surface area contributed by atoms with Crippen LogP contribution in [0.1, 0.15) is 96.9 Å². The van der Waals surface area contributed by atoms with Crippen LogP contribution in [0.15, 0.2) is 109 Å². The van der Waals surface area contributed by atoms with Crippen LogP contribution in [0.25, 0.3) is 0 Å². The number of hydrogen-bond acceptors (Lipinski definition) is 3. The molecular formula is C38H63N3. The molecule has 0 atom stereocenters. The first-order valence-corrected chi connectivity index (χ1v) is 15.1. The number of rotatable bonds is 6. The molecule has 0 amide bonds. The summed E-state index contributed by atoms with van der Waals surface area (Å²) in [6.45, 7) is 42.6. The highest BCUT2D eigenvalue weighted by atomic mass is 15.2. The van der Waals surface area contributed by atoms with Crippen LogP contribution < -0.4 is 0 Å². The van der Waals surface area contributed by atoms with E-state index in [1.807, 2.05) is 0 Å². The van der Waals surface area contributed by atoms with Gasteiger partial charge in [0.05, 0.1) is 0 Å². The Hall–Kier alpha value is -2.94. The first-order valence-electron chi connectivity index (χ1n) is 15.1. The fourth-order valence-corrected chi connectivity index (χ4v) is 5.16. The molecule has 230 valence electrons. The Bertz CT molecular complexity index is 1060. The molecule has 3 rings (SSSR count). The van der Waals surface area contributed by atoms with E-state index in [-0.39, 0.29) is 7.43 Å². The molecule has 0 aromatic carbocycles. The van der Waals surface area contributed by atoms with Gasteiger partial charge in [-0.3, -0.25) is 0 Å². The second kappa shape index (κ2) is 17.1. The van der Waals surface area contributed by atoms with Gasteiger partial charge in [0.2, 0.25) is 0 Å². The minimum Gasteiger partial charge on any atom is -0.349 e. The first kappa shape index (κ1) is 38.1. The molecule has 0 aromatic heterocycles. The van der Waals surface area contributed by atoms with Crippen LogP contribution >= 0.6 is 0 Å². The fourth-order valence-electron chi connectivity index (χ4n) is 5.16. The second-order valence-electron chi connectivity index (χ2n) is 12.8. The summed E-state index contributed by atoms with van der Waals surface area (Å²) in [6.07, 6.45) is 15.8. The van der Waals surface area contributed by atoms with Gasteiger partial charge in [-0.05, 0) is 101 Å². The van der Waals surface area contributed by atoms with Crippen LogP contribution in [-0.2, 0) is 0 Å². The maximum absolute atomic E-state index is 4.12. The van der Waals surface area contributed by atoms with Gasteiger partial charge in [-0.2, -0.15) is 0 Å². The molecule has 0 bridgehead atoms. The van der Waals surface area contributed by atoms with Gasteiger partial charge in [0.25, 0.3) is 0 Å². The molecule has 0 radical (unpaired) electrons. The van der Waals surface area contributed by atoms with Crippen molar-refractivity contribution in [2.45, 2.75) is 115 Å². The Morgan fingerprint density at radius 3 is 1.54 bits per heavy atom. The van der Waals surface area contributed by atoms with Gasteiger partial charge >= 0.3 is 0 Å². The van der Waals surface area contributed by atoms with E-state index in [0.29, 0.717) is 35.9 Å². The lowest BCUT2D eigenvalue weighted by Crippen LogP contribution is -2.33. The molecule has 0 aromatic rings. The minimum atomic E-state index is 0. The van der Waals surface area contributed by atoms with Gasteiger partial charge in [-0.15, -0.1) is 0 Å². The van der Waals surface area contributed by atoms with Crippen molar-refractivity contribution in [2.75, 3.05) is 0 Å². The lowest BCUT2D eigenvalue weighted by atomic mass is 9.97. The summed E-state index contributed by atoms with van der Waals surface area (Å²) in [5, 5.41) is 0. The van der Waals surface area contributed by atoms with Gasteiger partial charge in [0, 0.05) is 59.2 Å². The van der Waals surface area contributed by atoms with Crippen molar-refractivity contribution in [1.29, 1.82) is 0 Å². The van der Waals surface area contributed by atoms with Crippen molar-refractivity contribution in [1.82, 2.24) is 14.7 Å². The Morgan fingerprint density at radius 1 is 0.610 bits per heavy atom. The van der Waals surface area contributed by atoms with Crippen LogP contribution in [0, 0.1) is 17.8 Å². The van der Waals surface area contributed by atoms with Gasteiger partial charge in [-0.25, -0.2) is 0 Å². The lowest BCUT2D eigenvalue weighted by molar-refractivity contribution is 0.309. The molecule has 0 saturated carbocycles. The van der Waals surface area contributed by atoms with Gasteiger partial charge < -0.3 is 14.7 Å². The third-order valence-corrected chi connectivity index (χ3v) is 6.99. The number of hydrogen-bond donors (Lipinski definition) is 0. The van der Waals surface area contributed by atoms with Crippen molar-refractivity contribution >= 4 is 0 Å². The zero-order valence-corrected chi connectivity index (χ0v) is 27.9. The highest BCUT2D eigenvalue weighted by Gasteiger charge is 2.23. The van der Waals surface area contributed by atoms with Gasteiger partial charge in [0.1, 0.15) is 0 Å². The first-order chi connectivity index (χ1) is 18.5. The number of allylic oxidation sites excluding steroid dienone is 11. The maximum Gasteiger partial charge on any atom is 0.0337 e. The Labute approximate surface area is 255 Å². The summed E-state index contributed by atoms with van der Waals surface area (Å²) >= 11 is 0. The molecule has 41 heavy (non-hydrogen) atoms. The molecule has 3 heteroatoms. The summed E-state index contributed by atoms with van der Waals surface area (Å²) in [4.78, 5) is 6.93. The predicted molar refractivity (Wildman–Crippen MR) is 186 cm³/mol. The molecule has 3 nitrogen and oxygen atoms in total. The average Bonchev–Trinajstić information content (AvgIpc) is 2.83. The second-order valence-corrected chi connectivity index (χ2v) is 12.8. The van der Waals surface area contributed by atoms with E-state index in [1.54, 1.807) is 0 Å². The third kappa shape index (κ3) is 11.1. The Balaban J connectivity index is 0.000000579. The normalized spacial score (nSPS) is 17.1. The molecule has 0 spiro atoms. The minimum absolute atomic E-state index is 0. The molecule has 0 saturated heterocycles. The smallest absolute Gasteiger partial charge is 0.0337 e. The van der Waals surface area contributed by atoms with Crippen molar-refractivity contribution in [3.05, 3.63) is 109 Å². The molecule has 3 aliphatic heterocycles. The molecular weight excluding hydrogens is 498 g/mol. The summed E-state index contributed by atoms with van der Waals surface area (Å²) in [5.74, 6) is 1.65. The fraction of sp³-hybridized carbons (Fsp3) is 0.526. The van der Waals surface area contributed by atoms with Crippen LogP contribution in [0.3, 0.4) is 0 Å². The molecule has 3 aliphatic rings. The van der Waals surface area contributed by atoms with E-state index in [4.69, 9.17) is 0 Å². The lowest BCUT2D eigenvalue weighted by Gasteiger charge is -2.38. The third-order valence-electron chi connectivity index (χ3n) is 6.99. The van der Waals surface area contributed by atoms with Gasteiger partial charge in [0.15, 0.2) is 0 Å².